The van der Waals surface area contributed by atoms with Crippen LogP contribution in [0.2, 0.25) is 0 Å². The maximum Gasteiger partial charge on any atom is 0.247 e. The van der Waals surface area contributed by atoms with E-state index in [1.165, 1.54) is 0 Å². The molecule has 1 saturated carbocycles. The Kier molecular flexibility index (Phi) is 3.96. The van der Waals surface area contributed by atoms with Crippen LogP contribution in [0.15, 0.2) is 28.7 Å². The van der Waals surface area contributed by atoms with Crippen molar-refractivity contribution in [2.75, 3.05) is 20.2 Å². The maximum absolute atomic E-state index is 12.1. The molecule has 1 saturated heterocycles. The molecule has 0 N–H and O–H groups in total. The van der Waals surface area contributed by atoms with E-state index in [2.05, 4.69) is 10.2 Å². The molecule has 1 aliphatic carbocycles. The van der Waals surface area contributed by atoms with Crippen molar-refractivity contribution in [3.05, 3.63) is 30.2 Å². The van der Waals surface area contributed by atoms with E-state index in [0.29, 0.717) is 23.6 Å². The van der Waals surface area contributed by atoms with Gasteiger partial charge < -0.3 is 14.1 Å². The van der Waals surface area contributed by atoms with Crippen LogP contribution >= 0.6 is 0 Å². The lowest BCUT2D eigenvalue weighted by Gasteiger charge is -2.30. The lowest BCUT2D eigenvalue weighted by molar-refractivity contribution is -0.133. The van der Waals surface area contributed by atoms with Crippen LogP contribution in [-0.2, 0) is 4.79 Å². The highest BCUT2D eigenvalue weighted by molar-refractivity contribution is 5.81. The highest BCUT2D eigenvalue weighted by atomic mass is 16.5. The van der Waals surface area contributed by atoms with Gasteiger partial charge in [0.1, 0.15) is 5.75 Å². The first-order chi connectivity index (χ1) is 11.7. The predicted octanol–water partition coefficient (Wildman–Crippen LogP) is 2.86. The summed E-state index contributed by atoms with van der Waals surface area (Å²) in [5.41, 5.74) is 0.856. The molecule has 6 heteroatoms. The van der Waals surface area contributed by atoms with Crippen LogP contribution in [0.25, 0.3) is 11.5 Å². The van der Waals surface area contributed by atoms with Gasteiger partial charge in [0, 0.05) is 30.5 Å². The summed E-state index contributed by atoms with van der Waals surface area (Å²) >= 11 is 0. The van der Waals surface area contributed by atoms with Gasteiger partial charge in [-0.25, -0.2) is 0 Å². The summed E-state index contributed by atoms with van der Waals surface area (Å²) < 4.78 is 11.1. The van der Waals surface area contributed by atoms with Crippen LogP contribution in [0.3, 0.4) is 0 Å². The van der Waals surface area contributed by atoms with E-state index in [4.69, 9.17) is 9.15 Å². The van der Waals surface area contributed by atoms with Crippen molar-refractivity contribution in [1.29, 1.82) is 0 Å². The van der Waals surface area contributed by atoms with Gasteiger partial charge in [0.2, 0.25) is 17.7 Å². The lowest BCUT2D eigenvalue weighted by Crippen LogP contribution is -2.38. The summed E-state index contributed by atoms with van der Waals surface area (Å²) in [5.74, 6) is 2.81. The van der Waals surface area contributed by atoms with E-state index in [1.54, 1.807) is 7.11 Å². The zero-order chi connectivity index (χ0) is 16.5. The Hall–Kier alpha value is -2.37. The quantitative estimate of drug-likeness (QED) is 0.864. The summed E-state index contributed by atoms with van der Waals surface area (Å²) in [7, 11) is 1.63. The molecule has 126 valence electrons. The summed E-state index contributed by atoms with van der Waals surface area (Å²) in [6, 6.07) is 7.60. The third-order valence-electron chi connectivity index (χ3n) is 4.84. The van der Waals surface area contributed by atoms with Crippen molar-refractivity contribution >= 4 is 5.91 Å². The van der Waals surface area contributed by atoms with Crippen LogP contribution in [0.1, 0.15) is 37.5 Å². The Morgan fingerprint density at radius 3 is 2.71 bits per heavy atom. The van der Waals surface area contributed by atoms with E-state index in [-0.39, 0.29) is 5.92 Å². The third kappa shape index (κ3) is 3.00. The number of likely N-dealkylation sites (tertiary alicyclic amines) is 1. The van der Waals surface area contributed by atoms with Crippen molar-refractivity contribution < 1.29 is 13.9 Å². The highest BCUT2D eigenvalue weighted by Gasteiger charge is 2.35. The molecule has 2 aromatic rings. The Balaban J connectivity index is 1.42. The molecule has 24 heavy (non-hydrogen) atoms. The number of carbonyl (C=O) groups is 1. The molecule has 4 rings (SSSR count). The molecule has 0 unspecified atom stereocenters. The molecule has 1 aliphatic heterocycles. The van der Waals surface area contributed by atoms with Gasteiger partial charge in [-0.2, -0.15) is 0 Å². The normalized spacial score (nSPS) is 18.6. The first kappa shape index (κ1) is 15.2. The Morgan fingerprint density at radius 1 is 1.21 bits per heavy atom. The fraction of sp³-hybridized carbons (Fsp3) is 0.500. The van der Waals surface area contributed by atoms with Crippen molar-refractivity contribution in [3.63, 3.8) is 0 Å². The van der Waals surface area contributed by atoms with Crippen molar-refractivity contribution in [1.82, 2.24) is 15.1 Å². The standard InChI is InChI=1S/C18H21N3O3/c1-23-15-4-2-3-14(11-15)17-20-19-16(24-17)12-7-9-21(10-8-12)18(22)13-5-6-13/h2-4,11-13H,5-10H2,1H3. The van der Waals surface area contributed by atoms with E-state index in [9.17, 15) is 4.79 Å². The number of amides is 1. The Bertz CT molecular complexity index is 731. The number of ether oxygens (including phenoxy) is 1. The molecule has 2 fully saturated rings. The van der Waals surface area contributed by atoms with Crippen molar-refractivity contribution in [2.24, 2.45) is 5.92 Å². The van der Waals surface area contributed by atoms with E-state index in [0.717, 1.165) is 50.1 Å². The van der Waals surface area contributed by atoms with Crippen LogP contribution in [0, 0.1) is 5.92 Å². The molecular formula is C18H21N3O3. The SMILES string of the molecule is COc1cccc(-c2nnc(C3CCN(C(=O)C4CC4)CC3)o2)c1. The zero-order valence-electron chi connectivity index (χ0n) is 13.8. The van der Waals surface area contributed by atoms with Gasteiger partial charge in [0.25, 0.3) is 0 Å². The van der Waals surface area contributed by atoms with Gasteiger partial charge in [0.05, 0.1) is 7.11 Å². The molecule has 0 radical (unpaired) electrons. The van der Waals surface area contributed by atoms with Gasteiger partial charge in [-0.1, -0.05) is 6.07 Å². The summed E-state index contributed by atoms with van der Waals surface area (Å²) in [4.78, 5) is 14.1. The number of methoxy groups -OCH3 is 1. The number of benzene rings is 1. The molecule has 0 spiro atoms. The minimum absolute atomic E-state index is 0.236. The van der Waals surface area contributed by atoms with E-state index in [1.807, 2.05) is 29.2 Å². The monoisotopic (exact) mass is 327 g/mol. The van der Waals surface area contributed by atoms with Crippen LogP contribution < -0.4 is 4.74 Å². The largest absolute Gasteiger partial charge is 0.497 e. The summed E-state index contributed by atoms with van der Waals surface area (Å²) in [5, 5.41) is 8.40. The van der Waals surface area contributed by atoms with Crippen LogP contribution in [0.5, 0.6) is 5.75 Å². The minimum atomic E-state index is 0.236. The summed E-state index contributed by atoms with van der Waals surface area (Å²) in [6.45, 7) is 1.58. The Morgan fingerprint density at radius 2 is 2.00 bits per heavy atom. The molecule has 0 atom stereocenters. The molecule has 1 aromatic carbocycles. The average Bonchev–Trinajstić information content (AvgIpc) is 3.38. The van der Waals surface area contributed by atoms with Crippen molar-refractivity contribution in [3.8, 4) is 17.2 Å². The predicted molar refractivity (Wildman–Crippen MR) is 87.6 cm³/mol. The topological polar surface area (TPSA) is 68.5 Å². The second kappa shape index (κ2) is 6.26. The minimum Gasteiger partial charge on any atom is -0.497 e. The average molecular weight is 327 g/mol. The fourth-order valence-electron chi connectivity index (χ4n) is 3.21. The van der Waals surface area contributed by atoms with Gasteiger partial charge in [-0.05, 0) is 43.9 Å². The number of rotatable bonds is 4. The van der Waals surface area contributed by atoms with E-state index < -0.39 is 0 Å². The number of aromatic nitrogens is 2. The molecule has 0 bridgehead atoms. The van der Waals surface area contributed by atoms with Gasteiger partial charge in [-0.3, -0.25) is 4.79 Å². The number of hydrogen-bond donors (Lipinski definition) is 0. The molecule has 1 aromatic heterocycles. The molecular weight excluding hydrogens is 306 g/mol. The fourth-order valence-corrected chi connectivity index (χ4v) is 3.21. The van der Waals surface area contributed by atoms with Crippen molar-refractivity contribution in [2.45, 2.75) is 31.6 Å². The Labute approximate surface area is 140 Å². The maximum atomic E-state index is 12.1. The number of carbonyl (C=O) groups excluding carboxylic acids is 1. The van der Waals surface area contributed by atoms with Crippen LogP contribution in [0.4, 0.5) is 0 Å². The first-order valence-corrected chi connectivity index (χ1v) is 8.51. The smallest absolute Gasteiger partial charge is 0.247 e. The molecule has 6 nitrogen and oxygen atoms in total. The molecule has 2 aliphatic rings. The second-order valence-electron chi connectivity index (χ2n) is 6.55. The van der Waals surface area contributed by atoms with Gasteiger partial charge in [0.15, 0.2) is 0 Å². The highest BCUT2D eigenvalue weighted by Crippen LogP contribution is 2.34. The number of nitrogens with zero attached hydrogens (tertiary/aromatic N) is 3. The third-order valence-corrected chi connectivity index (χ3v) is 4.84. The molecule has 2 heterocycles. The summed E-state index contributed by atoms with van der Waals surface area (Å²) in [6.07, 6.45) is 3.90. The van der Waals surface area contributed by atoms with E-state index >= 15 is 0 Å². The second-order valence-corrected chi connectivity index (χ2v) is 6.55. The van der Waals surface area contributed by atoms with Crippen LogP contribution in [-0.4, -0.2) is 41.2 Å². The molecule has 1 amide bonds. The number of piperidine rings is 1. The zero-order valence-corrected chi connectivity index (χ0v) is 13.8. The van der Waals surface area contributed by atoms with Gasteiger partial charge >= 0.3 is 0 Å². The number of hydrogen-bond acceptors (Lipinski definition) is 5. The lowest BCUT2D eigenvalue weighted by atomic mass is 9.96. The first-order valence-electron chi connectivity index (χ1n) is 8.51. The van der Waals surface area contributed by atoms with Gasteiger partial charge in [-0.15, -0.1) is 10.2 Å².